The molecule has 7 heteroatoms. The molecule has 0 bridgehead atoms. The third-order valence-electron chi connectivity index (χ3n) is 5.13. The molecule has 0 atom stereocenters. The van der Waals surface area contributed by atoms with Crippen molar-refractivity contribution >= 4 is 35.8 Å². The molecule has 2 rings (SSSR count). The Hall–Kier alpha value is -2.29. The van der Waals surface area contributed by atoms with Crippen molar-refractivity contribution < 1.29 is 9.53 Å². The highest BCUT2D eigenvalue weighted by Crippen LogP contribution is 2.21. The summed E-state index contributed by atoms with van der Waals surface area (Å²) in [4.78, 5) is 18.1. The summed E-state index contributed by atoms with van der Waals surface area (Å²) in [5.74, 6) is 2.29. The molecule has 0 saturated heterocycles. The van der Waals surface area contributed by atoms with Crippen molar-refractivity contribution in [2.24, 2.45) is 10.9 Å². The number of benzene rings is 2. The van der Waals surface area contributed by atoms with Crippen LogP contribution in [0.2, 0.25) is 0 Å². The molecule has 0 aliphatic carbocycles. The topological polar surface area (TPSA) is 66.0 Å². The van der Waals surface area contributed by atoms with Gasteiger partial charge in [-0.05, 0) is 55.0 Å². The number of nitrogens with zero attached hydrogens (tertiary/aromatic N) is 2. The summed E-state index contributed by atoms with van der Waals surface area (Å²) in [5.41, 5.74) is 4.11. The van der Waals surface area contributed by atoms with Crippen LogP contribution in [0.4, 0.5) is 0 Å². The van der Waals surface area contributed by atoms with Crippen LogP contribution in [-0.2, 0) is 13.0 Å². The maximum Gasteiger partial charge on any atom is 0.253 e. The van der Waals surface area contributed by atoms with Gasteiger partial charge in [-0.3, -0.25) is 9.79 Å². The van der Waals surface area contributed by atoms with Gasteiger partial charge in [-0.1, -0.05) is 38.1 Å². The first-order valence-corrected chi connectivity index (χ1v) is 11.3. The first-order chi connectivity index (χ1) is 15.3. The van der Waals surface area contributed by atoms with Gasteiger partial charge in [-0.2, -0.15) is 0 Å². The van der Waals surface area contributed by atoms with Gasteiger partial charge in [0, 0.05) is 45.4 Å². The molecule has 182 valence electrons. The average molecular weight is 567 g/mol. The Morgan fingerprint density at radius 2 is 1.88 bits per heavy atom. The summed E-state index contributed by atoms with van der Waals surface area (Å²) in [6, 6.07) is 14.1. The zero-order chi connectivity index (χ0) is 23.5. The molecule has 0 radical (unpaired) electrons. The molecule has 0 fully saturated rings. The van der Waals surface area contributed by atoms with Crippen LogP contribution < -0.4 is 15.4 Å². The van der Waals surface area contributed by atoms with Crippen molar-refractivity contribution in [3.8, 4) is 5.75 Å². The molecule has 1 amide bonds. The molecule has 0 aromatic heterocycles. The fraction of sp³-hybridized carbons (Fsp3) is 0.462. The Balaban J connectivity index is 0.00000544. The largest absolute Gasteiger partial charge is 0.493 e. The average Bonchev–Trinajstić information content (AvgIpc) is 2.76. The van der Waals surface area contributed by atoms with Crippen LogP contribution in [0.25, 0.3) is 0 Å². The molecule has 2 N–H and O–H groups in total. The van der Waals surface area contributed by atoms with Crippen LogP contribution in [0.3, 0.4) is 0 Å². The van der Waals surface area contributed by atoms with Crippen molar-refractivity contribution in [1.29, 1.82) is 0 Å². The normalized spacial score (nSPS) is 11.1. The number of carbonyl (C=O) groups excluding carboxylic acids is 1. The monoisotopic (exact) mass is 566 g/mol. The quantitative estimate of drug-likeness (QED) is 0.250. The van der Waals surface area contributed by atoms with Gasteiger partial charge in [0.25, 0.3) is 5.91 Å². The lowest BCUT2D eigenvalue weighted by Crippen LogP contribution is -2.38. The van der Waals surface area contributed by atoms with Crippen LogP contribution in [0.15, 0.2) is 47.5 Å². The molecule has 33 heavy (non-hydrogen) atoms. The molecule has 2 aromatic rings. The molecule has 0 aliphatic heterocycles. The number of hydrogen-bond donors (Lipinski definition) is 2. The minimum Gasteiger partial charge on any atom is -0.493 e. The van der Waals surface area contributed by atoms with E-state index >= 15 is 0 Å². The second kappa shape index (κ2) is 14.8. The third kappa shape index (κ3) is 10.0. The van der Waals surface area contributed by atoms with Gasteiger partial charge in [0.15, 0.2) is 5.96 Å². The number of hydrogen-bond acceptors (Lipinski definition) is 3. The summed E-state index contributed by atoms with van der Waals surface area (Å²) >= 11 is 0. The standard InChI is InChI=1S/C26H38N4O2.HI/c1-19(2)13-15-32-24-16-20(3)10-11-23(24)18-29-26(27-4)28-14-12-21-8-7-9-22(17-21)25(31)30(5)6;/h7-11,16-17,19H,12-15,18H2,1-6H3,(H2,27,28,29);1H. The lowest BCUT2D eigenvalue weighted by molar-refractivity contribution is 0.0827. The maximum atomic E-state index is 12.2. The molecular weight excluding hydrogens is 527 g/mol. The lowest BCUT2D eigenvalue weighted by Gasteiger charge is -2.16. The summed E-state index contributed by atoms with van der Waals surface area (Å²) in [6.07, 6.45) is 1.83. The first kappa shape index (κ1) is 28.7. The van der Waals surface area contributed by atoms with E-state index in [4.69, 9.17) is 4.74 Å². The fourth-order valence-electron chi connectivity index (χ4n) is 3.19. The molecule has 0 heterocycles. The first-order valence-electron chi connectivity index (χ1n) is 11.3. The number of halogens is 1. The summed E-state index contributed by atoms with van der Waals surface area (Å²) in [7, 11) is 5.29. The second-order valence-corrected chi connectivity index (χ2v) is 8.64. The molecule has 6 nitrogen and oxygen atoms in total. The van der Waals surface area contributed by atoms with Crippen molar-refractivity contribution in [2.45, 2.75) is 40.2 Å². The highest BCUT2D eigenvalue weighted by Gasteiger charge is 2.09. The molecule has 0 spiro atoms. The van der Waals surface area contributed by atoms with E-state index in [0.717, 1.165) is 42.3 Å². The van der Waals surface area contributed by atoms with E-state index in [9.17, 15) is 4.79 Å². The Morgan fingerprint density at radius 1 is 1.12 bits per heavy atom. The van der Waals surface area contributed by atoms with Gasteiger partial charge < -0.3 is 20.3 Å². The zero-order valence-corrected chi connectivity index (χ0v) is 23.1. The van der Waals surface area contributed by atoms with E-state index in [1.54, 1.807) is 26.0 Å². The summed E-state index contributed by atoms with van der Waals surface area (Å²) < 4.78 is 6.05. The third-order valence-corrected chi connectivity index (χ3v) is 5.13. The highest BCUT2D eigenvalue weighted by molar-refractivity contribution is 14.0. The summed E-state index contributed by atoms with van der Waals surface area (Å²) in [6.45, 7) is 8.54. The number of guanidine groups is 1. The minimum atomic E-state index is 0. The lowest BCUT2D eigenvalue weighted by atomic mass is 10.1. The van der Waals surface area contributed by atoms with Crippen LogP contribution >= 0.6 is 24.0 Å². The van der Waals surface area contributed by atoms with Crippen LogP contribution in [-0.4, -0.2) is 51.1 Å². The molecular formula is C26H39IN4O2. The van der Waals surface area contributed by atoms with Crippen LogP contribution in [0.1, 0.15) is 47.3 Å². The highest BCUT2D eigenvalue weighted by atomic mass is 127. The zero-order valence-electron chi connectivity index (χ0n) is 20.8. The number of amides is 1. The predicted molar refractivity (Wildman–Crippen MR) is 148 cm³/mol. The molecule has 0 unspecified atom stereocenters. The Kier molecular flexibility index (Phi) is 12.9. The van der Waals surface area contributed by atoms with Gasteiger partial charge in [-0.25, -0.2) is 0 Å². The number of carbonyl (C=O) groups is 1. The maximum absolute atomic E-state index is 12.2. The van der Waals surface area contributed by atoms with Gasteiger partial charge in [-0.15, -0.1) is 24.0 Å². The van der Waals surface area contributed by atoms with Crippen molar-refractivity contribution in [2.75, 3.05) is 34.3 Å². The van der Waals surface area contributed by atoms with Crippen LogP contribution in [0, 0.1) is 12.8 Å². The Bertz CT molecular complexity index is 913. The van der Waals surface area contributed by atoms with Crippen molar-refractivity contribution in [3.05, 3.63) is 64.7 Å². The fourth-order valence-corrected chi connectivity index (χ4v) is 3.19. The second-order valence-electron chi connectivity index (χ2n) is 8.64. The van der Waals surface area contributed by atoms with E-state index in [-0.39, 0.29) is 29.9 Å². The van der Waals surface area contributed by atoms with Gasteiger partial charge in [0.1, 0.15) is 5.75 Å². The van der Waals surface area contributed by atoms with E-state index < -0.39 is 0 Å². The Morgan fingerprint density at radius 3 is 2.55 bits per heavy atom. The molecule has 0 saturated carbocycles. The number of rotatable bonds is 10. The smallest absolute Gasteiger partial charge is 0.253 e. The molecule has 0 aliphatic rings. The SMILES string of the molecule is CN=C(NCCc1cccc(C(=O)N(C)C)c1)NCc1ccc(C)cc1OCCC(C)C.I. The van der Waals surface area contributed by atoms with E-state index in [1.807, 2.05) is 24.3 Å². The summed E-state index contributed by atoms with van der Waals surface area (Å²) in [5, 5.41) is 6.72. The van der Waals surface area contributed by atoms with Crippen LogP contribution in [0.5, 0.6) is 5.75 Å². The van der Waals surface area contributed by atoms with E-state index in [0.29, 0.717) is 24.6 Å². The van der Waals surface area contributed by atoms with Crippen molar-refractivity contribution in [1.82, 2.24) is 15.5 Å². The number of aryl methyl sites for hydroxylation is 1. The van der Waals surface area contributed by atoms with Gasteiger partial charge in [0.05, 0.1) is 6.61 Å². The number of aliphatic imine (C=N–C) groups is 1. The van der Waals surface area contributed by atoms with E-state index in [2.05, 4.69) is 54.6 Å². The predicted octanol–water partition coefficient (Wildman–Crippen LogP) is 4.65. The van der Waals surface area contributed by atoms with Gasteiger partial charge in [0.2, 0.25) is 0 Å². The minimum absolute atomic E-state index is 0. The van der Waals surface area contributed by atoms with Crippen molar-refractivity contribution in [3.63, 3.8) is 0 Å². The molecule has 2 aromatic carbocycles. The van der Waals surface area contributed by atoms with E-state index in [1.165, 1.54) is 5.56 Å². The van der Waals surface area contributed by atoms with Gasteiger partial charge >= 0.3 is 0 Å². The Labute approximate surface area is 216 Å². The number of nitrogens with one attached hydrogen (secondary N) is 2. The number of ether oxygens (including phenoxy) is 1.